The standard InChI is InChI=1S/C24H25FN2O4S/c1-18-3-11-22(12-4-18)27(32(2,29)30)17-19-5-7-20(8-6-19)24(28)26-15-16-31-23-13-9-21(25)10-14-23/h3-14H,15-17H2,1-2H3,(H,26,28). The number of ether oxygens (including phenoxy) is 1. The number of amides is 1. The predicted molar refractivity (Wildman–Crippen MR) is 123 cm³/mol. The summed E-state index contributed by atoms with van der Waals surface area (Å²) >= 11 is 0. The maximum absolute atomic E-state index is 12.9. The number of carbonyl (C=O) groups is 1. The summed E-state index contributed by atoms with van der Waals surface area (Å²) in [6.07, 6.45) is 1.17. The molecule has 0 aliphatic carbocycles. The van der Waals surface area contributed by atoms with Crippen LogP contribution in [-0.4, -0.2) is 33.7 Å². The van der Waals surface area contributed by atoms with Crippen LogP contribution in [0.1, 0.15) is 21.5 Å². The van der Waals surface area contributed by atoms with E-state index in [0.29, 0.717) is 17.0 Å². The van der Waals surface area contributed by atoms with E-state index in [2.05, 4.69) is 5.32 Å². The van der Waals surface area contributed by atoms with E-state index >= 15 is 0 Å². The average Bonchev–Trinajstić information content (AvgIpc) is 2.76. The van der Waals surface area contributed by atoms with E-state index < -0.39 is 10.0 Å². The lowest BCUT2D eigenvalue weighted by molar-refractivity contribution is 0.0947. The van der Waals surface area contributed by atoms with Gasteiger partial charge in [-0.3, -0.25) is 9.10 Å². The Morgan fingerprint density at radius 2 is 1.59 bits per heavy atom. The summed E-state index contributed by atoms with van der Waals surface area (Å²) in [4.78, 5) is 12.3. The Kier molecular flexibility index (Phi) is 7.48. The van der Waals surface area contributed by atoms with E-state index in [4.69, 9.17) is 4.74 Å². The predicted octanol–water partition coefficient (Wildman–Crippen LogP) is 3.91. The quantitative estimate of drug-likeness (QED) is 0.496. The van der Waals surface area contributed by atoms with Gasteiger partial charge >= 0.3 is 0 Å². The Hall–Kier alpha value is -3.39. The van der Waals surface area contributed by atoms with Gasteiger partial charge in [0.15, 0.2) is 0 Å². The summed E-state index contributed by atoms with van der Waals surface area (Å²) in [5.74, 6) is -0.0839. The number of hydrogen-bond acceptors (Lipinski definition) is 4. The zero-order valence-corrected chi connectivity index (χ0v) is 18.7. The molecule has 0 saturated heterocycles. The Labute approximate surface area is 187 Å². The van der Waals surface area contributed by atoms with E-state index in [9.17, 15) is 17.6 Å². The molecule has 3 aromatic rings. The summed E-state index contributed by atoms with van der Waals surface area (Å²) in [6.45, 7) is 2.63. The lowest BCUT2D eigenvalue weighted by Gasteiger charge is -2.22. The van der Waals surface area contributed by atoms with Crippen LogP contribution in [0.4, 0.5) is 10.1 Å². The molecule has 6 nitrogen and oxygen atoms in total. The van der Waals surface area contributed by atoms with Gasteiger partial charge in [0.2, 0.25) is 10.0 Å². The molecule has 0 aromatic heterocycles. The maximum atomic E-state index is 12.9. The highest BCUT2D eigenvalue weighted by molar-refractivity contribution is 7.92. The molecule has 0 bridgehead atoms. The van der Waals surface area contributed by atoms with Crippen LogP contribution in [0.3, 0.4) is 0 Å². The molecular formula is C24H25FN2O4S. The number of aryl methyl sites for hydroxylation is 1. The van der Waals surface area contributed by atoms with Crippen LogP contribution in [-0.2, 0) is 16.6 Å². The minimum Gasteiger partial charge on any atom is -0.492 e. The van der Waals surface area contributed by atoms with Crippen molar-refractivity contribution in [2.45, 2.75) is 13.5 Å². The molecule has 168 valence electrons. The largest absolute Gasteiger partial charge is 0.492 e. The third kappa shape index (κ3) is 6.55. The number of hydrogen-bond donors (Lipinski definition) is 1. The smallest absolute Gasteiger partial charge is 0.251 e. The van der Waals surface area contributed by atoms with Gasteiger partial charge in [-0.05, 0) is 61.0 Å². The normalized spacial score (nSPS) is 11.1. The van der Waals surface area contributed by atoms with Crippen LogP contribution < -0.4 is 14.4 Å². The molecule has 0 heterocycles. The molecule has 0 aliphatic heterocycles. The number of anilines is 1. The van der Waals surface area contributed by atoms with Gasteiger partial charge in [-0.15, -0.1) is 0 Å². The molecule has 0 unspecified atom stereocenters. The van der Waals surface area contributed by atoms with Gasteiger partial charge in [-0.25, -0.2) is 12.8 Å². The second-order valence-electron chi connectivity index (χ2n) is 7.36. The lowest BCUT2D eigenvalue weighted by atomic mass is 10.1. The van der Waals surface area contributed by atoms with Gasteiger partial charge in [0, 0.05) is 5.56 Å². The van der Waals surface area contributed by atoms with E-state index in [-0.39, 0.29) is 31.4 Å². The number of carbonyl (C=O) groups excluding carboxylic acids is 1. The van der Waals surface area contributed by atoms with E-state index in [0.717, 1.165) is 11.1 Å². The second kappa shape index (κ2) is 10.3. The fraction of sp³-hybridized carbons (Fsp3) is 0.208. The Morgan fingerprint density at radius 1 is 0.969 bits per heavy atom. The number of nitrogens with zero attached hydrogens (tertiary/aromatic N) is 1. The third-order valence-corrected chi connectivity index (χ3v) is 5.88. The van der Waals surface area contributed by atoms with Crippen LogP contribution in [0.2, 0.25) is 0 Å². The highest BCUT2D eigenvalue weighted by Gasteiger charge is 2.18. The average molecular weight is 457 g/mol. The number of rotatable bonds is 9. The van der Waals surface area contributed by atoms with Crippen molar-refractivity contribution in [3.8, 4) is 5.75 Å². The first-order valence-electron chi connectivity index (χ1n) is 10.0. The van der Waals surface area contributed by atoms with Crippen molar-refractivity contribution in [3.05, 3.63) is 95.3 Å². The fourth-order valence-electron chi connectivity index (χ4n) is 3.00. The summed E-state index contributed by atoms with van der Waals surface area (Å²) in [6, 6.07) is 19.7. The van der Waals surface area contributed by atoms with Crippen molar-refractivity contribution in [2.24, 2.45) is 0 Å². The number of halogens is 1. The molecule has 0 fully saturated rings. The van der Waals surface area contributed by atoms with Gasteiger partial charge in [0.25, 0.3) is 5.91 Å². The molecule has 32 heavy (non-hydrogen) atoms. The van der Waals surface area contributed by atoms with Crippen LogP contribution in [0.25, 0.3) is 0 Å². The van der Waals surface area contributed by atoms with E-state index in [1.807, 2.05) is 19.1 Å². The van der Waals surface area contributed by atoms with Crippen LogP contribution in [0, 0.1) is 12.7 Å². The van der Waals surface area contributed by atoms with Gasteiger partial charge in [0.1, 0.15) is 18.2 Å². The van der Waals surface area contributed by atoms with Gasteiger partial charge in [0.05, 0.1) is 25.0 Å². The zero-order valence-electron chi connectivity index (χ0n) is 17.9. The summed E-state index contributed by atoms with van der Waals surface area (Å²) in [7, 11) is -3.48. The van der Waals surface area contributed by atoms with Crippen LogP contribution in [0.5, 0.6) is 5.75 Å². The molecule has 3 rings (SSSR count). The maximum Gasteiger partial charge on any atom is 0.251 e. The van der Waals surface area contributed by atoms with Crippen molar-refractivity contribution < 1.29 is 22.3 Å². The first-order chi connectivity index (χ1) is 15.2. The van der Waals surface area contributed by atoms with E-state index in [1.54, 1.807) is 36.4 Å². The molecular weight excluding hydrogens is 431 g/mol. The molecule has 0 spiro atoms. The van der Waals surface area contributed by atoms with Crippen molar-refractivity contribution in [3.63, 3.8) is 0 Å². The topological polar surface area (TPSA) is 75.7 Å². The molecule has 8 heteroatoms. The third-order valence-electron chi connectivity index (χ3n) is 4.73. The van der Waals surface area contributed by atoms with Crippen molar-refractivity contribution in [2.75, 3.05) is 23.7 Å². The lowest BCUT2D eigenvalue weighted by Crippen LogP contribution is -2.29. The van der Waals surface area contributed by atoms with Crippen molar-refractivity contribution >= 4 is 21.6 Å². The summed E-state index contributed by atoms with van der Waals surface area (Å²) in [5, 5.41) is 2.75. The molecule has 0 aliphatic rings. The zero-order chi connectivity index (χ0) is 23.1. The van der Waals surface area contributed by atoms with Crippen LogP contribution >= 0.6 is 0 Å². The van der Waals surface area contributed by atoms with Crippen LogP contribution in [0.15, 0.2) is 72.8 Å². The Balaban J connectivity index is 1.56. The molecule has 3 aromatic carbocycles. The van der Waals surface area contributed by atoms with Crippen molar-refractivity contribution in [1.82, 2.24) is 5.32 Å². The summed E-state index contributed by atoms with van der Waals surface area (Å²) < 4.78 is 44.2. The number of nitrogens with one attached hydrogen (secondary N) is 1. The first-order valence-corrected chi connectivity index (χ1v) is 11.9. The fourth-order valence-corrected chi connectivity index (χ4v) is 3.89. The molecule has 0 radical (unpaired) electrons. The SMILES string of the molecule is Cc1ccc(N(Cc2ccc(C(=O)NCCOc3ccc(F)cc3)cc2)S(C)(=O)=O)cc1. The molecule has 1 N–H and O–H groups in total. The summed E-state index contributed by atoms with van der Waals surface area (Å²) in [5.41, 5.74) is 2.84. The Morgan fingerprint density at radius 3 is 2.19 bits per heavy atom. The highest BCUT2D eigenvalue weighted by atomic mass is 32.2. The minimum atomic E-state index is -3.48. The molecule has 1 amide bonds. The van der Waals surface area contributed by atoms with Gasteiger partial charge < -0.3 is 10.1 Å². The number of sulfonamides is 1. The van der Waals surface area contributed by atoms with Gasteiger partial charge in [-0.1, -0.05) is 29.8 Å². The second-order valence-corrected chi connectivity index (χ2v) is 9.27. The van der Waals surface area contributed by atoms with E-state index in [1.165, 1.54) is 34.8 Å². The minimum absolute atomic E-state index is 0.162. The first kappa shape index (κ1) is 23.3. The Bertz CT molecular complexity index is 1150. The molecule has 0 saturated carbocycles. The van der Waals surface area contributed by atoms with Gasteiger partial charge in [-0.2, -0.15) is 0 Å². The monoisotopic (exact) mass is 456 g/mol. The van der Waals surface area contributed by atoms with Crippen molar-refractivity contribution in [1.29, 1.82) is 0 Å². The highest BCUT2D eigenvalue weighted by Crippen LogP contribution is 2.21. The molecule has 0 atom stereocenters. The number of benzene rings is 3.